The van der Waals surface area contributed by atoms with Crippen LogP contribution in [0.1, 0.15) is 5.69 Å². The van der Waals surface area contributed by atoms with E-state index in [1.54, 1.807) is 28.9 Å². The summed E-state index contributed by atoms with van der Waals surface area (Å²) in [5.41, 5.74) is 2.89. The summed E-state index contributed by atoms with van der Waals surface area (Å²) in [4.78, 5) is 0.294. The molecule has 0 saturated heterocycles. The van der Waals surface area contributed by atoms with Gasteiger partial charge >= 0.3 is 0 Å². The third-order valence-electron chi connectivity index (χ3n) is 2.96. The zero-order valence-electron chi connectivity index (χ0n) is 11.5. The van der Waals surface area contributed by atoms with Crippen molar-refractivity contribution < 1.29 is 8.42 Å². The zero-order valence-corrected chi connectivity index (χ0v) is 12.3. The molecule has 2 rings (SSSR count). The third-order valence-corrected chi connectivity index (χ3v) is 4.79. The van der Waals surface area contributed by atoms with Crippen molar-refractivity contribution in [1.29, 1.82) is 0 Å². The van der Waals surface area contributed by atoms with Gasteiger partial charge in [-0.1, -0.05) is 12.1 Å². The highest BCUT2D eigenvalue weighted by atomic mass is 32.2. The van der Waals surface area contributed by atoms with Crippen molar-refractivity contribution in [2.24, 2.45) is 7.05 Å². The Bertz CT molecular complexity index is 685. The van der Waals surface area contributed by atoms with Crippen molar-refractivity contribution in [3.63, 3.8) is 0 Å². The van der Waals surface area contributed by atoms with E-state index in [1.165, 1.54) is 18.4 Å². The summed E-state index contributed by atoms with van der Waals surface area (Å²) >= 11 is 0. The molecule has 1 aromatic heterocycles. The van der Waals surface area contributed by atoms with E-state index in [-0.39, 0.29) is 0 Å². The fraction of sp³-hybridized carbons (Fsp3) is 0.308. The number of rotatable bonds is 3. The van der Waals surface area contributed by atoms with E-state index >= 15 is 0 Å². The second-order valence-corrected chi connectivity index (χ2v) is 6.77. The standard InChI is InChI=1S/C13H17N3O2S/c1-10-13(9-16(4)14-10)11-5-7-12(8-6-11)19(17,18)15(2)3/h5-9H,1-4H3. The maximum absolute atomic E-state index is 12.0. The number of sulfonamides is 1. The van der Waals surface area contributed by atoms with Crippen LogP contribution in [0.5, 0.6) is 0 Å². The van der Waals surface area contributed by atoms with Crippen LogP contribution in [0.15, 0.2) is 35.4 Å². The molecule has 0 bridgehead atoms. The Morgan fingerprint density at radius 2 is 1.74 bits per heavy atom. The first-order valence-electron chi connectivity index (χ1n) is 5.85. The molecule has 0 atom stereocenters. The van der Waals surface area contributed by atoms with Crippen LogP contribution in [0.25, 0.3) is 11.1 Å². The Hall–Kier alpha value is -1.66. The van der Waals surface area contributed by atoms with Crippen LogP contribution >= 0.6 is 0 Å². The number of aromatic nitrogens is 2. The van der Waals surface area contributed by atoms with Gasteiger partial charge < -0.3 is 0 Å². The number of hydrogen-bond acceptors (Lipinski definition) is 3. The van der Waals surface area contributed by atoms with Gasteiger partial charge in [0.1, 0.15) is 0 Å². The molecule has 0 aliphatic rings. The molecule has 0 N–H and O–H groups in total. The minimum absolute atomic E-state index is 0.294. The molecule has 2 aromatic rings. The summed E-state index contributed by atoms with van der Waals surface area (Å²) in [5, 5.41) is 4.28. The van der Waals surface area contributed by atoms with Crippen LogP contribution in [0, 0.1) is 6.92 Å². The predicted octanol–water partition coefficient (Wildman–Crippen LogP) is 1.65. The lowest BCUT2D eigenvalue weighted by atomic mass is 10.1. The topological polar surface area (TPSA) is 55.2 Å². The molecule has 0 saturated carbocycles. The minimum Gasteiger partial charge on any atom is -0.275 e. The number of aryl methyl sites for hydroxylation is 2. The van der Waals surface area contributed by atoms with Gasteiger partial charge in [0.2, 0.25) is 10.0 Å². The van der Waals surface area contributed by atoms with Gasteiger partial charge in [-0.25, -0.2) is 12.7 Å². The zero-order chi connectivity index (χ0) is 14.2. The minimum atomic E-state index is -3.37. The number of benzene rings is 1. The molecule has 19 heavy (non-hydrogen) atoms. The van der Waals surface area contributed by atoms with Crippen molar-refractivity contribution in [3.05, 3.63) is 36.2 Å². The largest absolute Gasteiger partial charge is 0.275 e. The normalized spacial score (nSPS) is 12.1. The Morgan fingerprint density at radius 3 is 2.16 bits per heavy atom. The molecule has 0 radical (unpaired) electrons. The highest BCUT2D eigenvalue weighted by molar-refractivity contribution is 7.89. The van der Waals surface area contributed by atoms with Gasteiger partial charge in [-0.15, -0.1) is 0 Å². The van der Waals surface area contributed by atoms with E-state index in [4.69, 9.17) is 0 Å². The van der Waals surface area contributed by atoms with E-state index in [0.29, 0.717) is 4.90 Å². The molecule has 0 amide bonds. The van der Waals surface area contributed by atoms with Gasteiger partial charge in [0.15, 0.2) is 0 Å². The number of hydrogen-bond donors (Lipinski definition) is 0. The molecule has 0 fully saturated rings. The summed E-state index contributed by atoms with van der Waals surface area (Å²) in [5.74, 6) is 0. The Kier molecular flexibility index (Phi) is 3.47. The Balaban J connectivity index is 2.42. The molecular formula is C13H17N3O2S. The average Bonchev–Trinajstić information content (AvgIpc) is 2.68. The van der Waals surface area contributed by atoms with Crippen molar-refractivity contribution >= 4 is 10.0 Å². The molecule has 0 aliphatic carbocycles. The van der Waals surface area contributed by atoms with Gasteiger partial charge in [-0.05, 0) is 24.6 Å². The van der Waals surface area contributed by atoms with Crippen LogP contribution in [0.3, 0.4) is 0 Å². The lowest BCUT2D eigenvalue weighted by molar-refractivity contribution is 0.521. The van der Waals surface area contributed by atoms with E-state index in [2.05, 4.69) is 5.10 Å². The maximum Gasteiger partial charge on any atom is 0.242 e. The van der Waals surface area contributed by atoms with E-state index in [0.717, 1.165) is 16.8 Å². The summed E-state index contributed by atoms with van der Waals surface area (Å²) in [6.45, 7) is 1.93. The van der Waals surface area contributed by atoms with Crippen molar-refractivity contribution in [3.8, 4) is 11.1 Å². The lowest BCUT2D eigenvalue weighted by Crippen LogP contribution is -2.22. The molecule has 1 aromatic carbocycles. The third kappa shape index (κ3) is 2.54. The fourth-order valence-corrected chi connectivity index (χ4v) is 2.80. The van der Waals surface area contributed by atoms with Crippen LogP contribution in [-0.4, -0.2) is 36.6 Å². The van der Waals surface area contributed by atoms with Gasteiger partial charge in [0.05, 0.1) is 10.6 Å². The first-order valence-corrected chi connectivity index (χ1v) is 7.29. The van der Waals surface area contributed by atoms with E-state index in [9.17, 15) is 8.42 Å². The first-order chi connectivity index (χ1) is 8.82. The molecular weight excluding hydrogens is 262 g/mol. The van der Waals surface area contributed by atoms with Crippen LogP contribution in [-0.2, 0) is 17.1 Å². The van der Waals surface area contributed by atoms with E-state index in [1.807, 2.05) is 20.2 Å². The Labute approximate surface area is 113 Å². The fourth-order valence-electron chi connectivity index (χ4n) is 1.90. The summed E-state index contributed by atoms with van der Waals surface area (Å²) < 4.78 is 26.9. The van der Waals surface area contributed by atoms with Crippen molar-refractivity contribution in [1.82, 2.24) is 14.1 Å². The molecule has 102 valence electrons. The number of nitrogens with zero attached hydrogens (tertiary/aromatic N) is 3. The summed E-state index contributed by atoms with van der Waals surface area (Å²) in [6.07, 6.45) is 1.92. The van der Waals surface area contributed by atoms with Crippen molar-refractivity contribution in [2.75, 3.05) is 14.1 Å². The van der Waals surface area contributed by atoms with Crippen LogP contribution in [0.2, 0.25) is 0 Å². The molecule has 0 aliphatic heterocycles. The van der Waals surface area contributed by atoms with Gasteiger partial charge in [-0.3, -0.25) is 4.68 Å². The molecule has 0 unspecified atom stereocenters. The average molecular weight is 279 g/mol. The highest BCUT2D eigenvalue weighted by Crippen LogP contribution is 2.24. The molecule has 0 spiro atoms. The first kappa shape index (κ1) is 13.8. The van der Waals surface area contributed by atoms with Crippen LogP contribution in [0.4, 0.5) is 0 Å². The monoisotopic (exact) mass is 279 g/mol. The quantitative estimate of drug-likeness (QED) is 0.858. The molecule has 6 heteroatoms. The SMILES string of the molecule is Cc1nn(C)cc1-c1ccc(S(=O)(=O)N(C)C)cc1. The highest BCUT2D eigenvalue weighted by Gasteiger charge is 2.17. The molecule has 1 heterocycles. The second-order valence-electron chi connectivity index (χ2n) is 4.61. The van der Waals surface area contributed by atoms with Gasteiger partial charge in [-0.2, -0.15) is 5.10 Å². The maximum atomic E-state index is 12.0. The summed E-state index contributed by atoms with van der Waals surface area (Å²) in [7, 11) is 1.54. The molecule has 5 nitrogen and oxygen atoms in total. The smallest absolute Gasteiger partial charge is 0.242 e. The predicted molar refractivity (Wildman–Crippen MR) is 74.3 cm³/mol. The van der Waals surface area contributed by atoms with E-state index < -0.39 is 10.0 Å². The van der Waals surface area contributed by atoms with Crippen molar-refractivity contribution in [2.45, 2.75) is 11.8 Å². The van der Waals surface area contributed by atoms with Gasteiger partial charge in [0.25, 0.3) is 0 Å². The van der Waals surface area contributed by atoms with Gasteiger partial charge in [0, 0.05) is 32.9 Å². The second kappa shape index (κ2) is 4.79. The van der Waals surface area contributed by atoms with Crippen LogP contribution < -0.4 is 0 Å². The Morgan fingerprint density at radius 1 is 1.16 bits per heavy atom. The lowest BCUT2D eigenvalue weighted by Gasteiger charge is -2.11. The summed E-state index contributed by atoms with van der Waals surface area (Å²) in [6, 6.07) is 6.86.